The summed E-state index contributed by atoms with van der Waals surface area (Å²) >= 11 is 0. The van der Waals surface area contributed by atoms with Crippen LogP contribution in [0.2, 0.25) is 0 Å². The standard InChI is InChI=1S/C13H20N2O6S/c1-9(8-21-2)15-22(19,20)12-7-10(13(17)18)3-4-11(12)14-5-6-16/h3-4,7,9,14-16H,5-6,8H2,1-2H3,(H,17,18). The third-order valence-corrected chi connectivity index (χ3v) is 4.35. The molecule has 1 atom stereocenters. The van der Waals surface area contributed by atoms with Crippen LogP contribution in [0, 0.1) is 0 Å². The predicted octanol–water partition coefficient (Wildman–Crippen LogP) is 0.102. The third-order valence-electron chi connectivity index (χ3n) is 2.72. The highest BCUT2D eigenvalue weighted by molar-refractivity contribution is 7.89. The average Bonchev–Trinajstić information content (AvgIpc) is 2.44. The highest BCUT2D eigenvalue weighted by atomic mass is 32.2. The second kappa shape index (κ2) is 8.08. The number of carboxylic acids is 1. The highest BCUT2D eigenvalue weighted by Gasteiger charge is 2.22. The van der Waals surface area contributed by atoms with Gasteiger partial charge in [-0.1, -0.05) is 0 Å². The molecule has 0 saturated carbocycles. The third kappa shape index (κ3) is 4.95. The number of hydrogen-bond acceptors (Lipinski definition) is 6. The lowest BCUT2D eigenvalue weighted by atomic mass is 10.2. The highest BCUT2D eigenvalue weighted by Crippen LogP contribution is 2.23. The number of rotatable bonds is 9. The molecule has 1 rings (SSSR count). The number of carboxylic acid groups (broad SMARTS) is 1. The van der Waals surface area contributed by atoms with Crippen molar-refractivity contribution in [3.8, 4) is 0 Å². The molecule has 0 spiro atoms. The van der Waals surface area contributed by atoms with Gasteiger partial charge in [-0.2, -0.15) is 0 Å². The van der Waals surface area contributed by atoms with Crippen molar-refractivity contribution in [1.82, 2.24) is 4.72 Å². The Kier molecular flexibility index (Phi) is 6.75. The number of sulfonamides is 1. The maximum absolute atomic E-state index is 12.4. The predicted molar refractivity (Wildman–Crippen MR) is 80.6 cm³/mol. The van der Waals surface area contributed by atoms with Gasteiger partial charge in [0, 0.05) is 19.7 Å². The van der Waals surface area contributed by atoms with Gasteiger partial charge in [0.2, 0.25) is 10.0 Å². The Morgan fingerprint density at radius 1 is 1.41 bits per heavy atom. The van der Waals surface area contributed by atoms with Crippen LogP contribution < -0.4 is 10.0 Å². The van der Waals surface area contributed by atoms with Crippen molar-refractivity contribution in [3.63, 3.8) is 0 Å². The van der Waals surface area contributed by atoms with E-state index in [0.717, 1.165) is 6.07 Å². The van der Waals surface area contributed by atoms with Crippen molar-refractivity contribution >= 4 is 21.7 Å². The molecule has 8 nitrogen and oxygen atoms in total. The number of ether oxygens (including phenoxy) is 1. The molecule has 0 bridgehead atoms. The Labute approximate surface area is 129 Å². The first kappa shape index (κ1) is 18.4. The molecule has 124 valence electrons. The molecule has 0 amide bonds. The number of aromatic carboxylic acids is 1. The van der Waals surface area contributed by atoms with Crippen LogP contribution in [0.5, 0.6) is 0 Å². The van der Waals surface area contributed by atoms with Crippen LogP contribution in [0.3, 0.4) is 0 Å². The van der Waals surface area contributed by atoms with Gasteiger partial charge in [0.05, 0.1) is 24.5 Å². The zero-order chi connectivity index (χ0) is 16.8. The fourth-order valence-corrected chi connectivity index (χ4v) is 3.26. The summed E-state index contributed by atoms with van der Waals surface area (Å²) in [6.07, 6.45) is 0. The topological polar surface area (TPSA) is 125 Å². The van der Waals surface area contributed by atoms with E-state index in [0.29, 0.717) is 0 Å². The number of carbonyl (C=O) groups is 1. The summed E-state index contributed by atoms with van der Waals surface area (Å²) in [5.41, 5.74) is 0.0745. The summed E-state index contributed by atoms with van der Waals surface area (Å²) in [5, 5.41) is 20.6. The van der Waals surface area contributed by atoms with Gasteiger partial charge in [-0.05, 0) is 25.1 Å². The van der Waals surface area contributed by atoms with Gasteiger partial charge < -0.3 is 20.3 Å². The molecule has 0 aliphatic carbocycles. The molecule has 1 unspecified atom stereocenters. The molecule has 0 radical (unpaired) electrons. The monoisotopic (exact) mass is 332 g/mol. The summed E-state index contributed by atoms with van der Waals surface area (Å²) in [6.45, 7) is 1.76. The molecule has 0 saturated heterocycles. The maximum atomic E-state index is 12.4. The summed E-state index contributed by atoms with van der Waals surface area (Å²) in [7, 11) is -2.49. The average molecular weight is 332 g/mol. The SMILES string of the molecule is COCC(C)NS(=O)(=O)c1cc(C(=O)O)ccc1NCCO. The number of nitrogens with one attached hydrogen (secondary N) is 2. The van der Waals surface area contributed by atoms with E-state index >= 15 is 0 Å². The Morgan fingerprint density at radius 3 is 2.64 bits per heavy atom. The quantitative estimate of drug-likeness (QED) is 0.505. The van der Waals surface area contributed by atoms with Gasteiger partial charge in [0.15, 0.2) is 0 Å². The molecular weight excluding hydrogens is 312 g/mol. The van der Waals surface area contributed by atoms with E-state index < -0.39 is 22.0 Å². The number of aliphatic hydroxyl groups excluding tert-OH is 1. The molecular formula is C13H20N2O6S. The second-order valence-corrected chi connectivity index (χ2v) is 6.33. The molecule has 0 aromatic heterocycles. The Bertz CT molecular complexity index is 617. The van der Waals surface area contributed by atoms with Crippen LogP contribution in [0.4, 0.5) is 5.69 Å². The van der Waals surface area contributed by atoms with Crippen molar-refractivity contribution in [2.45, 2.75) is 17.9 Å². The van der Waals surface area contributed by atoms with Crippen LogP contribution in [-0.4, -0.2) is 57.5 Å². The van der Waals surface area contributed by atoms with Crippen molar-refractivity contribution in [2.24, 2.45) is 0 Å². The lowest BCUT2D eigenvalue weighted by Crippen LogP contribution is -2.36. The zero-order valence-corrected chi connectivity index (χ0v) is 13.2. The number of benzene rings is 1. The minimum atomic E-state index is -3.94. The van der Waals surface area contributed by atoms with E-state index in [-0.39, 0.29) is 35.9 Å². The van der Waals surface area contributed by atoms with E-state index in [1.165, 1.54) is 19.2 Å². The van der Waals surface area contributed by atoms with Crippen LogP contribution in [0.25, 0.3) is 0 Å². The zero-order valence-electron chi connectivity index (χ0n) is 12.4. The Morgan fingerprint density at radius 2 is 2.09 bits per heavy atom. The van der Waals surface area contributed by atoms with Gasteiger partial charge in [0.1, 0.15) is 4.90 Å². The molecule has 9 heteroatoms. The van der Waals surface area contributed by atoms with Gasteiger partial charge in [-0.15, -0.1) is 0 Å². The van der Waals surface area contributed by atoms with Crippen LogP contribution in [-0.2, 0) is 14.8 Å². The maximum Gasteiger partial charge on any atom is 0.335 e. The van der Waals surface area contributed by atoms with Crippen LogP contribution in [0.1, 0.15) is 17.3 Å². The van der Waals surface area contributed by atoms with E-state index in [2.05, 4.69) is 10.0 Å². The smallest absolute Gasteiger partial charge is 0.335 e. The first-order valence-corrected chi connectivity index (χ1v) is 8.03. The van der Waals surface area contributed by atoms with Gasteiger partial charge in [-0.25, -0.2) is 17.9 Å². The van der Waals surface area contributed by atoms with Crippen molar-refractivity contribution in [3.05, 3.63) is 23.8 Å². The largest absolute Gasteiger partial charge is 0.478 e. The normalized spacial score (nSPS) is 12.9. The lowest BCUT2D eigenvalue weighted by molar-refractivity contribution is 0.0696. The number of aliphatic hydroxyl groups is 1. The molecule has 0 aliphatic heterocycles. The van der Waals surface area contributed by atoms with E-state index in [1.54, 1.807) is 6.92 Å². The van der Waals surface area contributed by atoms with Crippen LogP contribution in [0.15, 0.2) is 23.1 Å². The molecule has 1 aromatic rings. The molecule has 4 N–H and O–H groups in total. The van der Waals surface area contributed by atoms with Crippen LogP contribution >= 0.6 is 0 Å². The number of anilines is 1. The second-order valence-electron chi connectivity index (χ2n) is 4.64. The van der Waals surface area contributed by atoms with Gasteiger partial charge in [0.25, 0.3) is 0 Å². The number of hydrogen-bond donors (Lipinski definition) is 4. The summed E-state index contributed by atoms with van der Waals surface area (Å²) in [5.74, 6) is -1.23. The molecule has 22 heavy (non-hydrogen) atoms. The molecule has 0 heterocycles. The van der Waals surface area contributed by atoms with Crippen molar-refractivity contribution in [2.75, 3.05) is 32.2 Å². The fraction of sp³-hybridized carbons (Fsp3) is 0.462. The minimum absolute atomic E-state index is 0.141. The lowest BCUT2D eigenvalue weighted by Gasteiger charge is -2.17. The summed E-state index contributed by atoms with van der Waals surface area (Å²) in [4.78, 5) is 10.8. The minimum Gasteiger partial charge on any atom is -0.478 e. The number of methoxy groups -OCH3 is 1. The van der Waals surface area contributed by atoms with Gasteiger partial charge in [-0.3, -0.25) is 0 Å². The first-order valence-electron chi connectivity index (χ1n) is 6.55. The van der Waals surface area contributed by atoms with E-state index in [4.69, 9.17) is 14.9 Å². The molecule has 0 fully saturated rings. The molecule has 1 aromatic carbocycles. The Hall–Kier alpha value is -1.68. The summed E-state index contributed by atoms with van der Waals surface area (Å²) in [6, 6.07) is 3.24. The van der Waals surface area contributed by atoms with Gasteiger partial charge >= 0.3 is 5.97 Å². The first-order chi connectivity index (χ1) is 10.3. The van der Waals surface area contributed by atoms with Crippen molar-refractivity contribution < 1.29 is 28.2 Å². The Balaban J connectivity index is 3.21. The van der Waals surface area contributed by atoms with Crippen molar-refractivity contribution in [1.29, 1.82) is 0 Å². The van der Waals surface area contributed by atoms with E-state index in [9.17, 15) is 13.2 Å². The summed E-state index contributed by atoms with van der Waals surface area (Å²) < 4.78 is 32.1. The molecule has 0 aliphatic rings. The van der Waals surface area contributed by atoms with E-state index in [1.807, 2.05) is 0 Å². The fourth-order valence-electron chi connectivity index (χ4n) is 1.83.